The van der Waals surface area contributed by atoms with E-state index in [1.165, 1.54) is 0 Å². The molecule has 0 aromatic heterocycles. The Bertz CT molecular complexity index is 620. The van der Waals surface area contributed by atoms with Crippen LogP contribution >= 0.6 is 0 Å². The fourth-order valence-electron chi connectivity index (χ4n) is 1.94. The van der Waals surface area contributed by atoms with Crippen molar-refractivity contribution in [2.24, 2.45) is 0 Å². The van der Waals surface area contributed by atoms with Crippen molar-refractivity contribution in [2.45, 2.75) is 27.7 Å². The molecule has 0 radical (unpaired) electrons. The topological polar surface area (TPSA) is 105 Å². The molecule has 0 heterocycles. The Hall–Kier alpha value is -3.02. The highest BCUT2D eigenvalue weighted by atomic mass is 16.5. The third kappa shape index (κ3) is 7.25. The van der Waals surface area contributed by atoms with Crippen LogP contribution in [-0.4, -0.2) is 25.2 Å². The number of anilines is 2. The molecule has 0 saturated carbocycles. The van der Waals surface area contributed by atoms with Crippen LogP contribution in [0.4, 0.5) is 11.4 Å². The summed E-state index contributed by atoms with van der Waals surface area (Å²) in [6.45, 7) is 0.533. The minimum atomic E-state index is -0.395. The fourth-order valence-corrected chi connectivity index (χ4v) is 1.94. The number of unbranched alkanes of at least 4 members (excludes halogenated alkanes) is 1. The van der Waals surface area contributed by atoms with Gasteiger partial charge in [0.25, 0.3) is 0 Å². The number of ether oxygens (including phenoxy) is 2. The Morgan fingerprint density at radius 1 is 0.654 bits per heavy atom. The predicted octanol–water partition coefficient (Wildman–Crippen LogP) is 3.92. The maximum absolute atomic E-state index is 11.8. The van der Waals surface area contributed by atoms with Crippen molar-refractivity contribution in [3.05, 3.63) is 59.7 Å². The Kier molecular flexibility index (Phi) is 10.2. The predicted molar refractivity (Wildman–Crippen MR) is 105 cm³/mol. The largest absolute Gasteiger partial charge is 0.462 e. The van der Waals surface area contributed by atoms with Crippen LogP contribution in [0.5, 0.6) is 0 Å². The zero-order chi connectivity index (χ0) is 17.4. The molecule has 0 aliphatic heterocycles. The summed E-state index contributed by atoms with van der Waals surface area (Å²) in [7, 11) is 0. The number of nitrogen functional groups attached to an aromatic ring is 2. The van der Waals surface area contributed by atoms with E-state index in [-0.39, 0.29) is 28.1 Å². The van der Waals surface area contributed by atoms with E-state index in [1.807, 2.05) is 0 Å². The van der Waals surface area contributed by atoms with Crippen molar-refractivity contribution in [3.63, 3.8) is 0 Å². The van der Waals surface area contributed by atoms with Gasteiger partial charge >= 0.3 is 11.9 Å². The van der Waals surface area contributed by atoms with Crippen LogP contribution < -0.4 is 11.5 Å². The van der Waals surface area contributed by atoms with Gasteiger partial charge in [-0.2, -0.15) is 0 Å². The highest BCUT2D eigenvalue weighted by Crippen LogP contribution is 2.08. The monoisotopic (exact) mass is 360 g/mol. The van der Waals surface area contributed by atoms with Crippen molar-refractivity contribution in [3.8, 4) is 0 Å². The molecule has 0 fully saturated rings. The second-order valence-corrected chi connectivity index (χ2v) is 5.22. The van der Waals surface area contributed by atoms with Crippen LogP contribution in [0.15, 0.2) is 48.5 Å². The van der Waals surface area contributed by atoms with Gasteiger partial charge < -0.3 is 20.9 Å². The van der Waals surface area contributed by atoms with Crippen molar-refractivity contribution in [1.82, 2.24) is 0 Å². The minimum Gasteiger partial charge on any atom is -0.462 e. The van der Waals surface area contributed by atoms with E-state index in [9.17, 15) is 9.59 Å². The molecule has 0 unspecified atom stereocenters. The zero-order valence-electron chi connectivity index (χ0n) is 13.2. The van der Waals surface area contributed by atoms with Gasteiger partial charge in [0.05, 0.1) is 24.3 Å². The number of carbonyl (C=O) groups is 2. The molecule has 26 heavy (non-hydrogen) atoms. The van der Waals surface area contributed by atoms with Crippen LogP contribution in [0, 0.1) is 0 Å². The molecular formula is C20H28N2O4. The zero-order valence-corrected chi connectivity index (χ0v) is 13.2. The molecule has 2 aromatic carbocycles. The Morgan fingerprint density at radius 3 is 1.27 bits per heavy atom. The fraction of sp³-hybridized carbons (Fsp3) is 0.300. The van der Waals surface area contributed by atoms with Crippen molar-refractivity contribution in [2.75, 3.05) is 24.7 Å². The van der Waals surface area contributed by atoms with E-state index in [2.05, 4.69) is 0 Å². The molecule has 6 nitrogen and oxygen atoms in total. The summed E-state index contributed by atoms with van der Waals surface area (Å²) in [6.07, 6.45) is 1.21. The maximum atomic E-state index is 11.8. The summed E-state index contributed by atoms with van der Waals surface area (Å²) >= 11 is 0. The lowest BCUT2D eigenvalue weighted by Gasteiger charge is -2.06. The van der Waals surface area contributed by atoms with Gasteiger partial charge in [-0.1, -0.05) is 14.9 Å². The average molecular weight is 360 g/mol. The molecule has 0 amide bonds. The van der Waals surface area contributed by atoms with Crippen LogP contribution in [0.25, 0.3) is 0 Å². The second kappa shape index (κ2) is 11.5. The summed E-state index contributed by atoms with van der Waals surface area (Å²) in [6, 6.07) is 13.1. The number of hydrogen-bond acceptors (Lipinski definition) is 6. The molecule has 0 spiro atoms. The molecule has 0 bridgehead atoms. The first kappa shape index (κ1) is 23.0. The standard InChI is InChI=1S/C18H20N2O4.2CH4/c19-15-7-3-13(4-8-15)17(21)23-11-1-2-12-24-18(22)14-5-9-16(20)10-6-14;;/h3-10H,1-2,11-12,19-20H2;2*1H4. The minimum absolute atomic E-state index is 0. The highest BCUT2D eigenvalue weighted by molar-refractivity contribution is 5.90. The maximum Gasteiger partial charge on any atom is 0.338 e. The summed E-state index contributed by atoms with van der Waals surface area (Å²) in [4.78, 5) is 23.5. The van der Waals surface area contributed by atoms with Gasteiger partial charge in [0.1, 0.15) is 0 Å². The lowest BCUT2D eigenvalue weighted by atomic mass is 10.2. The van der Waals surface area contributed by atoms with Gasteiger partial charge in [-0.05, 0) is 61.4 Å². The van der Waals surface area contributed by atoms with Crippen LogP contribution in [-0.2, 0) is 9.47 Å². The van der Waals surface area contributed by atoms with Crippen LogP contribution in [0.2, 0.25) is 0 Å². The van der Waals surface area contributed by atoms with E-state index >= 15 is 0 Å². The first-order valence-electron chi connectivity index (χ1n) is 7.61. The number of hydrogen-bond donors (Lipinski definition) is 2. The number of rotatable bonds is 7. The van der Waals surface area contributed by atoms with Gasteiger partial charge in [-0.15, -0.1) is 0 Å². The van der Waals surface area contributed by atoms with Crippen molar-refractivity contribution in [1.29, 1.82) is 0 Å². The molecule has 0 atom stereocenters. The highest BCUT2D eigenvalue weighted by Gasteiger charge is 2.08. The normalized spacial score (nSPS) is 9.38. The van der Waals surface area contributed by atoms with Crippen LogP contribution in [0.3, 0.4) is 0 Å². The van der Waals surface area contributed by atoms with E-state index in [0.29, 0.717) is 35.3 Å². The number of esters is 2. The van der Waals surface area contributed by atoms with Gasteiger partial charge in [-0.25, -0.2) is 9.59 Å². The molecular weight excluding hydrogens is 332 g/mol. The molecule has 4 N–H and O–H groups in total. The van der Waals surface area contributed by atoms with Crippen LogP contribution in [0.1, 0.15) is 48.4 Å². The average Bonchev–Trinajstić information content (AvgIpc) is 2.58. The third-order valence-corrected chi connectivity index (χ3v) is 3.30. The SMILES string of the molecule is C.C.Nc1ccc(C(=O)OCCCCOC(=O)c2ccc(N)cc2)cc1. The summed E-state index contributed by atoms with van der Waals surface area (Å²) in [5.74, 6) is -0.789. The molecule has 2 aromatic rings. The quantitative estimate of drug-likeness (QED) is 0.440. The van der Waals surface area contributed by atoms with E-state index in [1.54, 1.807) is 48.5 Å². The van der Waals surface area contributed by atoms with E-state index in [0.717, 1.165) is 0 Å². The molecule has 6 heteroatoms. The summed E-state index contributed by atoms with van der Waals surface area (Å²) in [5, 5.41) is 0. The molecule has 142 valence electrons. The Morgan fingerprint density at radius 2 is 0.962 bits per heavy atom. The first-order valence-corrected chi connectivity index (χ1v) is 7.61. The smallest absolute Gasteiger partial charge is 0.338 e. The van der Waals surface area contributed by atoms with E-state index in [4.69, 9.17) is 20.9 Å². The Labute approximate surface area is 155 Å². The van der Waals surface area contributed by atoms with Crippen molar-refractivity contribution < 1.29 is 19.1 Å². The third-order valence-electron chi connectivity index (χ3n) is 3.30. The van der Waals surface area contributed by atoms with Gasteiger partial charge in [0.15, 0.2) is 0 Å². The van der Waals surface area contributed by atoms with E-state index < -0.39 is 11.9 Å². The summed E-state index contributed by atoms with van der Waals surface area (Å²) in [5.41, 5.74) is 13.2. The first-order chi connectivity index (χ1) is 11.6. The summed E-state index contributed by atoms with van der Waals surface area (Å²) < 4.78 is 10.3. The Balaban J connectivity index is 0.00000312. The van der Waals surface area contributed by atoms with Gasteiger partial charge in [0.2, 0.25) is 0 Å². The number of carbonyl (C=O) groups excluding carboxylic acids is 2. The molecule has 0 aliphatic carbocycles. The number of nitrogens with two attached hydrogens (primary N) is 2. The lowest BCUT2D eigenvalue weighted by molar-refractivity contribution is 0.0432. The molecule has 0 aliphatic rings. The van der Waals surface area contributed by atoms with Gasteiger partial charge in [0, 0.05) is 11.4 Å². The van der Waals surface area contributed by atoms with Crippen molar-refractivity contribution >= 4 is 23.3 Å². The molecule has 2 rings (SSSR count). The van der Waals surface area contributed by atoms with Gasteiger partial charge in [-0.3, -0.25) is 0 Å². The number of benzene rings is 2. The lowest BCUT2D eigenvalue weighted by Crippen LogP contribution is -2.09. The second-order valence-electron chi connectivity index (χ2n) is 5.22. The molecule has 0 saturated heterocycles.